The average molecular weight is 423 g/mol. The largest absolute Gasteiger partial charge is 0.482 e. The summed E-state index contributed by atoms with van der Waals surface area (Å²) in [6.07, 6.45) is 5.53. The first-order valence-electron chi connectivity index (χ1n) is 8.80. The molecule has 2 aromatic rings. The molecule has 0 N–H and O–H groups in total. The highest BCUT2D eigenvalue weighted by atomic mass is 35.6. The van der Waals surface area contributed by atoms with Gasteiger partial charge < -0.3 is 9.64 Å². The van der Waals surface area contributed by atoms with Gasteiger partial charge in [-0.15, -0.1) is 0 Å². The van der Waals surface area contributed by atoms with Crippen LogP contribution in [0.5, 0.6) is 5.75 Å². The zero-order valence-corrected chi connectivity index (χ0v) is 16.8. The number of rotatable bonds is 1. The molecule has 1 amide bonds. The standard InChI is InChI=1S/C21H18Cl3NO2/c22-21(23,24)19(26)25-12-10-20(11-13-25)9-8-17-14-16(6-7-18(17)27-20)15-4-2-1-3-5-15/h1-9,14H,10-13H2. The van der Waals surface area contributed by atoms with E-state index in [0.29, 0.717) is 25.9 Å². The van der Waals surface area contributed by atoms with Gasteiger partial charge >= 0.3 is 0 Å². The average Bonchev–Trinajstić information content (AvgIpc) is 2.68. The lowest BCUT2D eigenvalue weighted by atomic mass is 9.87. The predicted octanol–water partition coefficient (Wildman–Crippen LogP) is 5.49. The van der Waals surface area contributed by atoms with E-state index >= 15 is 0 Å². The summed E-state index contributed by atoms with van der Waals surface area (Å²) in [4.78, 5) is 13.7. The van der Waals surface area contributed by atoms with Crippen molar-refractivity contribution in [2.24, 2.45) is 0 Å². The lowest BCUT2D eigenvalue weighted by Crippen LogP contribution is -2.51. The molecule has 2 aromatic carbocycles. The van der Waals surface area contributed by atoms with Crippen LogP contribution in [0.1, 0.15) is 18.4 Å². The van der Waals surface area contributed by atoms with E-state index in [-0.39, 0.29) is 0 Å². The molecule has 0 bridgehead atoms. The van der Waals surface area contributed by atoms with Crippen LogP contribution in [0.3, 0.4) is 0 Å². The predicted molar refractivity (Wildman–Crippen MR) is 110 cm³/mol. The Hall–Kier alpha value is -1.68. The van der Waals surface area contributed by atoms with Crippen molar-refractivity contribution >= 4 is 46.8 Å². The normalized spacial score (nSPS) is 18.1. The molecule has 140 valence electrons. The lowest BCUT2D eigenvalue weighted by molar-refractivity contribution is -0.132. The maximum absolute atomic E-state index is 12.1. The van der Waals surface area contributed by atoms with Crippen molar-refractivity contribution in [2.45, 2.75) is 22.2 Å². The third-order valence-corrected chi connectivity index (χ3v) is 5.62. The molecule has 2 aliphatic rings. The second kappa shape index (κ2) is 7.05. The molecule has 0 radical (unpaired) electrons. The lowest BCUT2D eigenvalue weighted by Gasteiger charge is -2.42. The zero-order valence-electron chi connectivity index (χ0n) is 14.5. The number of amides is 1. The summed E-state index contributed by atoms with van der Waals surface area (Å²) < 4.78 is 4.43. The van der Waals surface area contributed by atoms with E-state index in [1.54, 1.807) is 4.90 Å². The fraction of sp³-hybridized carbons (Fsp3) is 0.286. The Bertz CT molecular complexity index is 882. The zero-order chi connectivity index (χ0) is 19.1. The quantitative estimate of drug-likeness (QED) is 0.569. The minimum absolute atomic E-state index is 0.411. The summed E-state index contributed by atoms with van der Waals surface area (Å²) >= 11 is 17.2. The Labute approximate surface area is 173 Å². The van der Waals surface area contributed by atoms with Gasteiger partial charge in [0.1, 0.15) is 11.4 Å². The van der Waals surface area contributed by atoms with Gasteiger partial charge in [-0.05, 0) is 29.3 Å². The Kier molecular flexibility index (Phi) is 4.87. The molecule has 1 spiro atoms. The molecule has 3 nitrogen and oxygen atoms in total. The Morgan fingerprint density at radius 1 is 1.00 bits per heavy atom. The molecule has 0 atom stereocenters. The summed E-state index contributed by atoms with van der Waals surface area (Å²) in [6, 6.07) is 16.5. The topological polar surface area (TPSA) is 29.5 Å². The van der Waals surface area contributed by atoms with Crippen molar-refractivity contribution in [3.05, 3.63) is 60.2 Å². The van der Waals surface area contributed by atoms with E-state index in [0.717, 1.165) is 16.9 Å². The molecule has 1 fully saturated rings. The second-order valence-corrected chi connectivity index (χ2v) is 9.19. The van der Waals surface area contributed by atoms with Crippen LogP contribution in [0.15, 0.2) is 54.6 Å². The van der Waals surface area contributed by atoms with E-state index in [1.165, 1.54) is 5.56 Å². The number of nitrogens with zero attached hydrogens (tertiary/aromatic N) is 1. The summed E-state index contributed by atoms with van der Waals surface area (Å²) in [6.45, 7) is 0.989. The number of carbonyl (C=O) groups is 1. The molecule has 0 aliphatic carbocycles. The molecule has 2 aliphatic heterocycles. The molecule has 0 saturated carbocycles. The third-order valence-electron chi connectivity index (χ3n) is 5.14. The van der Waals surface area contributed by atoms with Crippen molar-refractivity contribution < 1.29 is 9.53 Å². The SMILES string of the molecule is O=C(N1CCC2(C=Cc3cc(-c4ccccc4)ccc3O2)CC1)C(Cl)(Cl)Cl. The van der Waals surface area contributed by atoms with Crippen LogP contribution in [0.4, 0.5) is 0 Å². The fourth-order valence-corrected chi connectivity index (χ4v) is 3.97. The smallest absolute Gasteiger partial charge is 0.274 e. The molecule has 0 unspecified atom stereocenters. The first-order valence-corrected chi connectivity index (χ1v) is 9.94. The van der Waals surface area contributed by atoms with Crippen molar-refractivity contribution in [3.8, 4) is 16.9 Å². The van der Waals surface area contributed by atoms with Crippen LogP contribution in [-0.2, 0) is 4.79 Å². The first-order chi connectivity index (χ1) is 12.9. The number of benzene rings is 2. The molecular weight excluding hydrogens is 405 g/mol. The molecule has 2 heterocycles. The van der Waals surface area contributed by atoms with Crippen LogP contribution < -0.4 is 4.74 Å². The van der Waals surface area contributed by atoms with Crippen molar-refractivity contribution in [2.75, 3.05) is 13.1 Å². The number of halogens is 3. The summed E-state index contributed by atoms with van der Waals surface area (Å²) in [5.74, 6) is 0.383. The summed E-state index contributed by atoms with van der Waals surface area (Å²) in [5, 5.41) is 0. The van der Waals surface area contributed by atoms with Crippen molar-refractivity contribution in [1.82, 2.24) is 4.90 Å². The first kappa shape index (κ1) is 18.7. The van der Waals surface area contributed by atoms with E-state index < -0.39 is 15.3 Å². The van der Waals surface area contributed by atoms with Crippen LogP contribution in [-0.4, -0.2) is 33.3 Å². The minimum Gasteiger partial charge on any atom is -0.482 e. The van der Waals surface area contributed by atoms with Gasteiger partial charge in [-0.2, -0.15) is 0 Å². The van der Waals surface area contributed by atoms with Gasteiger partial charge in [0.25, 0.3) is 9.70 Å². The molecular formula is C21H18Cl3NO2. The highest BCUT2D eigenvalue weighted by Crippen LogP contribution is 2.39. The van der Waals surface area contributed by atoms with Gasteiger partial charge in [0.05, 0.1) is 0 Å². The van der Waals surface area contributed by atoms with Gasteiger partial charge in [0, 0.05) is 31.5 Å². The van der Waals surface area contributed by atoms with E-state index in [4.69, 9.17) is 39.5 Å². The second-order valence-electron chi connectivity index (χ2n) is 6.91. The number of fused-ring (bicyclic) bond motifs is 1. The Morgan fingerprint density at radius 3 is 2.37 bits per heavy atom. The van der Waals surface area contributed by atoms with Crippen LogP contribution in [0.25, 0.3) is 17.2 Å². The van der Waals surface area contributed by atoms with Crippen molar-refractivity contribution in [3.63, 3.8) is 0 Å². The number of alkyl halides is 3. The number of hydrogen-bond acceptors (Lipinski definition) is 2. The maximum atomic E-state index is 12.1. The monoisotopic (exact) mass is 421 g/mol. The van der Waals surface area contributed by atoms with Gasteiger partial charge in [0.15, 0.2) is 0 Å². The van der Waals surface area contributed by atoms with Gasteiger partial charge in [-0.1, -0.05) is 77.3 Å². The van der Waals surface area contributed by atoms with Gasteiger partial charge in [-0.3, -0.25) is 4.79 Å². The minimum atomic E-state index is -1.91. The highest BCUT2D eigenvalue weighted by molar-refractivity contribution is 6.76. The molecule has 6 heteroatoms. The van der Waals surface area contributed by atoms with Crippen LogP contribution in [0.2, 0.25) is 0 Å². The number of piperidine rings is 1. The van der Waals surface area contributed by atoms with Crippen LogP contribution in [0, 0.1) is 0 Å². The number of ether oxygens (including phenoxy) is 1. The Balaban J connectivity index is 1.50. The number of likely N-dealkylation sites (tertiary alicyclic amines) is 1. The Morgan fingerprint density at radius 2 is 1.70 bits per heavy atom. The molecule has 27 heavy (non-hydrogen) atoms. The number of carbonyl (C=O) groups excluding carboxylic acids is 1. The highest BCUT2D eigenvalue weighted by Gasteiger charge is 2.42. The number of hydrogen-bond donors (Lipinski definition) is 0. The third kappa shape index (κ3) is 3.82. The van der Waals surface area contributed by atoms with E-state index in [9.17, 15) is 4.79 Å². The summed E-state index contributed by atoms with van der Waals surface area (Å²) in [7, 11) is 0. The van der Waals surface area contributed by atoms with Crippen molar-refractivity contribution in [1.29, 1.82) is 0 Å². The molecule has 4 rings (SSSR count). The van der Waals surface area contributed by atoms with Gasteiger partial charge in [-0.25, -0.2) is 0 Å². The molecule has 0 aromatic heterocycles. The molecule has 1 saturated heterocycles. The van der Waals surface area contributed by atoms with E-state index in [1.807, 2.05) is 24.3 Å². The maximum Gasteiger partial charge on any atom is 0.274 e. The van der Waals surface area contributed by atoms with Gasteiger partial charge in [0.2, 0.25) is 0 Å². The summed E-state index contributed by atoms with van der Waals surface area (Å²) in [5.41, 5.74) is 2.97. The fourth-order valence-electron chi connectivity index (χ4n) is 3.61. The van der Waals surface area contributed by atoms with Crippen LogP contribution >= 0.6 is 34.8 Å². The van der Waals surface area contributed by atoms with E-state index in [2.05, 4.69) is 36.4 Å².